The lowest BCUT2D eigenvalue weighted by molar-refractivity contribution is -0.105. The molecule has 0 amide bonds. The molecule has 1 heteroatoms. The van der Waals surface area contributed by atoms with E-state index in [0.717, 1.165) is 24.2 Å². The molecule has 2 rings (SSSR count). The van der Waals surface area contributed by atoms with Crippen LogP contribution >= 0.6 is 0 Å². The van der Waals surface area contributed by atoms with E-state index in [-0.39, 0.29) is 0 Å². The number of fused-ring (bicyclic) bond motifs is 1. The average Bonchev–Trinajstić information content (AvgIpc) is 2.38. The Kier molecular flexibility index (Phi) is 1.14. The molecule has 2 atom stereocenters. The van der Waals surface area contributed by atoms with Gasteiger partial charge in [0.1, 0.15) is 6.29 Å². The molecule has 0 spiro atoms. The number of rotatable bonds is 1. The van der Waals surface area contributed by atoms with Gasteiger partial charge in [-0.15, -0.1) is 0 Å². The Labute approximate surface area is 67.5 Å². The lowest BCUT2D eigenvalue weighted by Gasteiger charge is -2.08. The quantitative estimate of drug-likeness (QED) is 0.523. The van der Waals surface area contributed by atoms with Crippen LogP contribution < -0.4 is 0 Å². The van der Waals surface area contributed by atoms with Crippen molar-refractivity contribution >= 4 is 6.29 Å². The van der Waals surface area contributed by atoms with Gasteiger partial charge in [-0.1, -0.05) is 19.4 Å². The topological polar surface area (TPSA) is 17.1 Å². The first-order chi connectivity index (χ1) is 5.09. The number of hydrogen-bond donors (Lipinski definition) is 0. The lowest BCUT2D eigenvalue weighted by Crippen LogP contribution is -2.00. The minimum absolute atomic E-state index is 0.426. The number of allylic oxidation sites excluding steroid dienone is 2. The third kappa shape index (κ3) is 0.688. The van der Waals surface area contributed by atoms with Crippen molar-refractivity contribution in [1.82, 2.24) is 0 Å². The van der Waals surface area contributed by atoms with Gasteiger partial charge in [0, 0.05) is 0 Å². The smallest absolute Gasteiger partial charge is 0.146 e. The summed E-state index contributed by atoms with van der Waals surface area (Å²) in [6, 6.07) is 0. The van der Waals surface area contributed by atoms with Crippen LogP contribution in [-0.2, 0) is 4.79 Å². The van der Waals surface area contributed by atoms with E-state index in [9.17, 15) is 4.79 Å². The maximum Gasteiger partial charge on any atom is 0.146 e. The zero-order valence-electron chi connectivity index (χ0n) is 7.35. The second-order valence-corrected chi connectivity index (χ2v) is 4.46. The second-order valence-electron chi connectivity index (χ2n) is 4.46. The standard InChI is InChI=1S/C10H14O/c1-6-4-8-9(7(6)5-11)10(8,2)3/h5,8-9H,4H2,1-3H3. The number of carbonyl (C=O) groups excluding carboxylic acids is 1. The summed E-state index contributed by atoms with van der Waals surface area (Å²) in [7, 11) is 0. The van der Waals surface area contributed by atoms with Crippen molar-refractivity contribution in [2.24, 2.45) is 17.3 Å². The van der Waals surface area contributed by atoms with Crippen LogP contribution in [0.3, 0.4) is 0 Å². The Balaban J connectivity index is 2.31. The number of aldehydes is 1. The molecular formula is C10H14O. The van der Waals surface area contributed by atoms with Gasteiger partial charge < -0.3 is 0 Å². The van der Waals surface area contributed by atoms with Gasteiger partial charge >= 0.3 is 0 Å². The molecule has 2 unspecified atom stereocenters. The molecule has 0 aromatic rings. The van der Waals surface area contributed by atoms with E-state index in [1.807, 2.05) is 0 Å². The summed E-state index contributed by atoms with van der Waals surface area (Å²) in [5, 5.41) is 0. The minimum atomic E-state index is 0.426. The Morgan fingerprint density at radius 2 is 2.18 bits per heavy atom. The van der Waals surface area contributed by atoms with Gasteiger partial charge in [0.15, 0.2) is 0 Å². The normalized spacial score (nSPS) is 38.8. The molecule has 0 N–H and O–H groups in total. The van der Waals surface area contributed by atoms with Crippen molar-refractivity contribution in [3.05, 3.63) is 11.1 Å². The fourth-order valence-corrected chi connectivity index (χ4v) is 2.63. The summed E-state index contributed by atoms with van der Waals surface area (Å²) in [5.74, 6) is 1.38. The molecule has 1 nitrogen and oxygen atoms in total. The number of carbonyl (C=O) groups is 1. The summed E-state index contributed by atoms with van der Waals surface area (Å²) in [6.07, 6.45) is 2.22. The largest absolute Gasteiger partial charge is 0.298 e. The van der Waals surface area contributed by atoms with Gasteiger partial charge in [0.25, 0.3) is 0 Å². The van der Waals surface area contributed by atoms with Crippen molar-refractivity contribution < 1.29 is 4.79 Å². The number of hydrogen-bond acceptors (Lipinski definition) is 1. The summed E-state index contributed by atoms with van der Waals surface area (Å²) in [6.45, 7) is 6.61. The molecule has 0 bridgehead atoms. The van der Waals surface area contributed by atoms with Crippen molar-refractivity contribution in [2.75, 3.05) is 0 Å². The van der Waals surface area contributed by atoms with Gasteiger partial charge in [-0.3, -0.25) is 4.79 Å². The third-order valence-corrected chi connectivity index (χ3v) is 3.53. The molecule has 60 valence electrons. The van der Waals surface area contributed by atoms with Crippen molar-refractivity contribution in [3.63, 3.8) is 0 Å². The van der Waals surface area contributed by atoms with Crippen molar-refractivity contribution in [1.29, 1.82) is 0 Å². The van der Waals surface area contributed by atoms with Crippen LogP contribution in [0.2, 0.25) is 0 Å². The maximum absolute atomic E-state index is 10.7. The molecule has 0 aliphatic heterocycles. The highest BCUT2D eigenvalue weighted by atomic mass is 16.1. The van der Waals surface area contributed by atoms with Crippen molar-refractivity contribution in [2.45, 2.75) is 27.2 Å². The van der Waals surface area contributed by atoms with E-state index >= 15 is 0 Å². The molecule has 0 heterocycles. The van der Waals surface area contributed by atoms with E-state index in [0.29, 0.717) is 11.3 Å². The van der Waals surface area contributed by atoms with Crippen LogP contribution in [0.5, 0.6) is 0 Å². The van der Waals surface area contributed by atoms with Gasteiger partial charge in [-0.2, -0.15) is 0 Å². The summed E-state index contributed by atoms with van der Waals surface area (Å²) >= 11 is 0. The molecule has 0 radical (unpaired) electrons. The first-order valence-electron chi connectivity index (χ1n) is 4.24. The Hall–Kier alpha value is -0.590. The summed E-state index contributed by atoms with van der Waals surface area (Å²) in [4.78, 5) is 10.7. The van der Waals surface area contributed by atoms with E-state index < -0.39 is 0 Å². The SMILES string of the molecule is CC1=C(C=O)C2C(C1)C2(C)C. The van der Waals surface area contributed by atoms with Crippen LogP contribution in [-0.4, -0.2) is 6.29 Å². The third-order valence-electron chi connectivity index (χ3n) is 3.53. The zero-order valence-corrected chi connectivity index (χ0v) is 7.35. The fourth-order valence-electron chi connectivity index (χ4n) is 2.63. The average molecular weight is 150 g/mol. The monoisotopic (exact) mass is 150 g/mol. The first kappa shape index (κ1) is 7.08. The molecule has 1 saturated carbocycles. The van der Waals surface area contributed by atoms with Gasteiger partial charge in [0.05, 0.1) is 0 Å². The maximum atomic E-state index is 10.7. The van der Waals surface area contributed by atoms with E-state index in [1.54, 1.807) is 0 Å². The van der Waals surface area contributed by atoms with Crippen LogP contribution in [0.25, 0.3) is 0 Å². The molecule has 0 aromatic heterocycles. The second kappa shape index (κ2) is 1.77. The molecular weight excluding hydrogens is 136 g/mol. The summed E-state index contributed by atoms with van der Waals surface area (Å²) < 4.78 is 0. The predicted molar refractivity (Wildman–Crippen MR) is 44.1 cm³/mol. The first-order valence-corrected chi connectivity index (χ1v) is 4.24. The Morgan fingerprint density at radius 1 is 1.55 bits per heavy atom. The Bertz CT molecular complexity index is 248. The van der Waals surface area contributed by atoms with Crippen LogP contribution in [0.1, 0.15) is 27.2 Å². The molecule has 2 aliphatic carbocycles. The van der Waals surface area contributed by atoms with E-state index in [2.05, 4.69) is 20.8 Å². The lowest BCUT2D eigenvalue weighted by atomic mass is 9.96. The highest BCUT2D eigenvalue weighted by molar-refractivity contribution is 5.78. The van der Waals surface area contributed by atoms with Crippen LogP contribution in [0.4, 0.5) is 0 Å². The highest BCUT2D eigenvalue weighted by Crippen LogP contribution is 2.67. The predicted octanol–water partition coefficient (Wildman–Crippen LogP) is 2.18. The molecule has 2 aliphatic rings. The molecule has 0 aromatic carbocycles. The highest BCUT2D eigenvalue weighted by Gasteiger charge is 2.62. The minimum Gasteiger partial charge on any atom is -0.298 e. The molecule has 1 fully saturated rings. The molecule has 11 heavy (non-hydrogen) atoms. The van der Waals surface area contributed by atoms with E-state index in [4.69, 9.17) is 0 Å². The van der Waals surface area contributed by atoms with Crippen molar-refractivity contribution in [3.8, 4) is 0 Å². The van der Waals surface area contributed by atoms with Gasteiger partial charge in [-0.25, -0.2) is 0 Å². The fraction of sp³-hybridized carbons (Fsp3) is 0.700. The zero-order chi connectivity index (χ0) is 8.22. The van der Waals surface area contributed by atoms with Crippen LogP contribution in [0.15, 0.2) is 11.1 Å². The molecule has 0 saturated heterocycles. The Morgan fingerprint density at radius 3 is 2.55 bits per heavy atom. The van der Waals surface area contributed by atoms with Crippen LogP contribution in [0, 0.1) is 17.3 Å². The van der Waals surface area contributed by atoms with Gasteiger partial charge in [-0.05, 0) is 36.2 Å². The van der Waals surface area contributed by atoms with Gasteiger partial charge in [0.2, 0.25) is 0 Å². The summed E-state index contributed by atoms with van der Waals surface area (Å²) in [5.41, 5.74) is 2.85. The van der Waals surface area contributed by atoms with E-state index in [1.165, 1.54) is 5.57 Å².